The van der Waals surface area contributed by atoms with E-state index in [0.717, 1.165) is 12.3 Å². The molecule has 20 heavy (non-hydrogen) atoms. The Morgan fingerprint density at radius 3 is 2.50 bits per heavy atom. The van der Waals surface area contributed by atoms with Gasteiger partial charge in [-0.2, -0.15) is 0 Å². The second-order valence-corrected chi connectivity index (χ2v) is 6.31. The Balaban J connectivity index is 2.38. The van der Waals surface area contributed by atoms with Crippen LogP contribution in [0.3, 0.4) is 0 Å². The molecule has 0 atom stereocenters. The van der Waals surface area contributed by atoms with Crippen molar-refractivity contribution in [1.29, 1.82) is 0 Å². The number of nitrogens with zero attached hydrogens (tertiary/aromatic N) is 1. The van der Waals surface area contributed by atoms with Crippen LogP contribution in [0.5, 0.6) is 0 Å². The first-order valence-electron chi connectivity index (χ1n) is 5.18. The molecule has 2 rings (SSSR count). The lowest BCUT2D eigenvalue weighted by atomic mass is 10.3. The molecule has 3 N–H and O–H groups in total. The summed E-state index contributed by atoms with van der Waals surface area (Å²) in [6, 6.07) is 4.09. The van der Waals surface area contributed by atoms with Gasteiger partial charge < -0.3 is 5.73 Å². The molecule has 0 amide bonds. The Hall–Kier alpha value is -1.74. The van der Waals surface area contributed by atoms with Crippen LogP contribution in [-0.2, 0) is 10.0 Å². The fraction of sp³-hybridized carbons (Fsp3) is 0. The molecule has 9 heteroatoms. The van der Waals surface area contributed by atoms with Crippen LogP contribution in [0.25, 0.3) is 0 Å². The summed E-state index contributed by atoms with van der Waals surface area (Å²) in [5, 5.41) is 0. The summed E-state index contributed by atoms with van der Waals surface area (Å²) >= 11 is 2.85. The maximum atomic E-state index is 13.5. The zero-order valence-electron chi connectivity index (χ0n) is 9.77. The van der Waals surface area contributed by atoms with Crippen molar-refractivity contribution in [1.82, 2.24) is 4.98 Å². The molecular formula is C11H8BrF2N3O2S. The first-order valence-corrected chi connectivity index (χ1v) is 7.46. The Kier molecular flexibility index (Phi) is 3.91. The van der Waals surface area contributed by atoms with Crippen LogP contribution in [0.2, 0.25) is 0 Å². The SMILES string of the molecule is Nc1ccc(S(=O)(=O)Nc2cc(Br)c(F)cc2F)cn1. The van der Waals surface area contributed by atoms with Gasteiger partial charge in [0.2, 0.25) is 0 Å². The average molecular weight is 364 g/mol. The molecule has 1 aromatic heterocycles. The number of aromatic nitrogens is 1. The predicted octanol–water partition coefficient (Wildman–Crippen LogP) is 2.51. The number of nitrogens with two attached hydrogens (primary N) is 1. The largest absolute Gasteiger partial charge is 0.384 e. The van der Waals surface area contributed by atoms with Crippen molar-refractivity contribution in [2.24, 2.45) is 0 Å². The van der Waals surface area contributed by atoms with Crippen molar-refractivity contribution in [2.75, 3.05) is 10.5 Å². The third kappa shape index (κ3) is 3.05. The topological polar surface area (TPSA) is 85.1 Å². The maximum absolute atomic E-state index is 13.5. The Bertz CT molecular complexity index is 751. The zero-order valence-corrected chi connectivity index (χ0v) is 12.2. The summed E-state index contributed by atoms with van der Waals surface area (Å²) in [6.07, 6.45) is 1.04. The van der Waals surface area contributed by atoms with Gasteiger partial charge in [-0.1, -0.05) is 0 Å². The van der Waals surface area contributed by atoms with Crippen LogP contribution in [0.1, 0.15) is 0 Å². The number of anilines is 2. The summed E-state index contributed by atoms with van der Waals surface area (Å²) in [6.45, 7) is 0. The first-order chi connectivity index (χ1) is 9.29. The van der Waals surface area contributed by atoms with Crippen LogP contribution in [0, 0.1) is 11.6 Å². The number of rotatable bonds is 3. The van der Waals surface area contributed by atoms with Gasteiger partial charge >= 0.3 is 0 Å². The quantitative estimate of drug-likeness (QED) is 0.820. The molecule has 0 unspecified atom stereocenters. The fourth-order valence-corrected chi connectivity index (χ4v) is 2.70. The van der Waals surface area contributed by atoms with Crippen molar-refractivity contribution >= 4 is 37.5 Å². The van der Waals surface area contributed by atoms with Crippen LogP contribution < -0.4 is 10.5 Å². The molecule has 0 radical (unpaired) electrons. The predicted molar refractivity (Wildman–Crippen MR) is 73.5 cm³/mol. The second kappa shape index (κ2) is 5.33. The monoisotopic (exact) mass is 363 g/mol. The number of halogens is 3. The molecule has 0 saturated carbocycles. The maximum Gasteiger partial charge on any atom is 0.263 e. The molecule has 0 saturated heterocycles. The highest BCUT2D eigenvalue weighted by molar-refractivity contribution is 9.10. The molecule has 0 aliphatic carbocycles. The van der Waals surface area contributed by atoms with Crippen molar-refractivity contribution in [3.63, 3.8) is 0 Å². The Labute approximate surface area is 122 Å². The fourth-order valence-electron chi connectivity index (χ4n) is 1.36. The number of pyridine rings is 1. The summed E-state index contributed by atoms with van der Waals surface area (Å²) in [5.41, 5.74) is 4.97. The van der Waals surface area contributed by atoms with Crippen LogP contribution >= 0.6 is 15.9 Å². The van der Waals surface area contributed by atoms with Gasteiger partial charge in [-0.15, -0.1) is 0 Å². The molecule has 0 fully saturated rings. The number of nitrogen functional groups attached to an aromatic ring is 1. The number of benzene rings is 1. The highest BCUT2D eigenvalue weighted by atomic mass is 79.9. The minimum atomic E-state index is -4.03. The number of hydrogen-bond acceptors (Lipinski definition) is 4. The van der Waals surface area contributed by atoms with Crippen LogP contribution in [0.4, 0.5) is 20.3 Å². The minimum Gasteiger partial charge on any atom is -0.384 e. The average Bonchev–Trinajstić information content (AvgIpc) is 2.36. The van der Waals surface area contributed by atoms with Gasteiger partial charge in [-0.3, -0.25) is 4.72 Å². The summed E-state index contributed by atoms with van der Waals surface area (Å²) in [7, 11) is -4.03. The van der Waals surface area contributed by atoms with Gasteiger partial charge in [0.25, 0.3) is 10.0 Å². The molecule has 106 valence electrons. The van der Waals surface area contributed by atoms with Gasteiger partial charge in [-0.25, -0.2) is 22.2 Å². The lowest BCUT2D eigenvalue weighted by Gasteiger charge is -2.09. The molecule has 0 spiro atoms. The van der Waals surface area contributed by atoms with E-state index in [9.17, 15) is 17.2 Å². The molecule has 0 aliphatic heterocycles. The molecule has 1 heterocycles. The van der Waals surface area contributed by atoms with Gasteiger partial charge in [-0.05, 0) is 34.1 Å². The van der Waals surface area contributed by atoms with Gasteiger partial charge in [0.15, 0.2) is 0 Å². The van der Waals surface area contributed by atoms with E-state index >= 15 is 0 Å². The summed E-state index contributed by atoms with van der Waals surface area (Å²) in [4.78, 5) is 3.45. The highest BCUT2D eigenvalue weighted by Crippen LogP contribution is 2.25. The number of nitrogens with one attached hydrogen (secondary N) is 1. The van der Waals surface area contributed by atoms with E-state index in [1.54, 1.807) is 0 Å². The van der Waals surface area contributed by atoms with Gasteiger partial charge in [0.1, 0.15) is 22.3 Å². The summed E-state index contributed by atoms with van der Waals surface area (Å²) in [5.74, 6) is -1.71. The Morgan fingerprint density at radius 1 is 1.20 bits per heavy atom. The van der Waals surface area contributed by atoms with Gasteiger partial charge in [0, 0.05) is 12.3 Å². The number of sulfonamides is 1. The molecule has 2 aromatic rings. The van der Waals surface area contributed by atoms with E-state index in [-0.39, 0.29) is 20.9 Å². The molecular weight excluding hydrogens is 356 g/mol. The molecule has 5 nitrogen and oxygen atoms in total. The second-order valence-electron chi connectivity index (χ2n) is 3.77. The summed E-state index contributed by atoms with van der Waals surface area (Å²) < 4.78 is 52.5. The van der Waals surface area contributed by atoms with E-state index in [2.05, 4.69) is 20.9 Å². The van der Waals surface area contributed by atoms with E-state index in [4.69, 9.17) is 5.73 Å². The van der Waals surface area contributed by atoms with E-state index < -0.39 is 21.7 Å². The third-order valence-electron chi connectivity index (χ3n) is 2.32. The first kappa shape index (κ1) is 14.7. The standard InChI is InChI=1S/C11H8BrF2N3O2S/c12-7-3-10(9(14)4-8(7)13)17-20(18,19)6-1-2-11(15)16-5-6/h1-5,17H,(H2,15,16). The van der Waals surface area contributed by atoms with Crippen molar-refractivity contribution in [3.05, 3.63) is 46.6 Å². The lowest BCUT2D eigenvalue weighted by Crippen LogP contribution is -2.14. The van der Waals surface area contributed by atoms with E-state index in [1.807, 2.05) is 4.72 Å². The van der Waals surface area contributed by atoms with E-state index in [0.29, 0.717) is 6.07 Å². The highest BCUT2D eigenvalue weighted by Gasteiger charge is 2.18. The van der Waals surface area contributed by atoms with Gasteiger partial charge in [0.05, 0.1) is 10.2 Å². The van der Waals surface area contributed by atoms with Crippen molar-refractivity contribution < 1.29 is 17.2 Å². The van der Waals surface area contributed by atoms with Crippen molar-refractivity contribution in [2.45, 2.75) is 4.90 Å². The normalized spacial score (nSPS) is 11.3. The van der Waals surface area contributed by atoms with Crippen molar-refractivity contribution in [3.8, 4) is 0 Å². The number of hydrogen-bond donors (Lipinski definition) is 2. The lowest BCUT2D eigenvalue weighted by molar-refractivity contribution is 0.579. The molecule has 1 aromatic carbocycles. The smallest absolute Gasteiger partial charge is 0.263 e. The minimum absolute atomic E-state index is 0.0629. The molecule has 0 aliphatic rings. The Morgan fingerprint density at radius 2 is 1.90 bits per heavy atom. The van der Waals surface area contributed by atoms with Crippen LogP contribution in [-0.4, -0.2) is 13.4 Å². The van der Waals surface area contributed by atoms with E-state index in [1.165, 1.54) is 12.1 Å². The zero-order chi connectivity index (χ0) is 14.9. The molecule has 0 bridgehead atoms. The third-order valence-corrected chi connectivity index (χ3v) is 4.28. The van der Waals surface area contributed by atoms with Crippen LogP contribution in [0.15, 0.2) is 39.8 Å².